The number of pyridine rings is 1. The lowest BCUT2D eigenvalue weighted by Gasteiger charge is -2.37. The number of nitrogens with zero attached hydrogens (tertiary/aromatic N) is 3. The Bertz CT molecular complexity index is 591. The molecule has 0 aromatic carbocycles. The van der Waals surface area contributed by atoms with Crippen molar-refractivity contribution in [1.82, 2.24) is 9.88 Å². The normalized spacial score (nSPS) is 17.7. The number of aryl methyl sites for hydroxylation is 1. The van der Waals surface area contributed by atoms with Crippen LogP contribution in [0.25, 0.3) is 0 Å². The molecule has 0 unspecified atom stereocenters. The van der Waals surface area contributed by atoms with Crippen LogP contribution >= 0.6 is 0 Å². The summed E-state index contributed by atoms with van der Waals surface area (Å²) >= 11 is 0. The second-order valence-electron chi connectivity index (χ2n) is 6.88. The van der Waals surface area contributed by atoms with E-state index in [1.165, 1.54) is 0 Å². The summed E-state index contributed by atoms with van der Waals surface area (Å²) in [7, 11) is 0. The lowest BCUT2D eigenvalue weighted by atomic mass is 9.76. The molecule has 5 nitrogen and oxygen atoms in total. The monoisotopic (exact) mass is 301 g/mol. The van der Waals surface area contributed by atoms with Crippen LogP contribution in [0.2, 0.25) is 0 Å². The Balaban J connectivity index is 2.09. The van der Waals surface area contributed by atoms with Crippen LogP contribution in [0.1, 0.15) is 44.9 Å². The summed E-state index contributed by atoms with van der Waals surface area (Å²) in [6, 6.07) is 6.31. The predicted octanol–water partition coefficient (Wildman–Crippen LogP) is 3.18. The minimum atomic E-state index is -0.607. The molecule has 0 atom stereocenters. The highest BCUT2D eigenvalue weighted by atomic mass is 16.6. The van der Waals surface area contributed by atoms with E-state index in [0.29, 0.717) is 25.9 Å². The molecule has 0 radical (unpaired) electrons. The van der Waals surface area contributed by atoms with E-state index in [1.54, 1.807) is 11.1 Å². The second-order valence-corrected chi connectivity index (χ2v) is 6.88. The zero-order valence-corrected chi connectivity index (χ0v) is 13.7. The maximum Gasteiger partial charge on any atom is 0.410 e. The number of carbonyl (C=O) groups excluding carboxylic acids is 1. The van der Waals surface area contributed by atoms with Gasteiger partial charge in [0.1, 0.15) is 11.0 Å². The Labute approximate surface area is 131 Å². The number of aromatic nitrogens is 1. The van der Waals surface area contributed by atoms with E-state index < -0.39 is 11.0 Å². The van der Waals surface area contributed by atoms with Crippen LogP contribution in [0, 0.1) is 18.3 Å². The van der Waals surface area contributed by atoms with Gasteiger partial charge in [0.15, 0.2) is 0 Å². The number of hydrogen-bond acceptors (Lipinski definition) is 4. The highest BCUT2D eigenvalue weighted by molar-refractivity contribution is 5.68. The third-order valence-corrected chi connectivity index (χ3v) is 3.89. The number of likely N-dealkylation sites (tertiary alicyclic amines) is 1. The molecular formula is C17H23N3O2. The van der Waals surface area contributed by atoms with Gasteiger partial charge in [-0.2, -0.15) is 5.26 Å². The first-order valence-electron chi connectivity index (χ1n) is 7.58. The van der Waals surface area contributed by atoms with Gasteiger partial charge >= 0.3 is 6.09 Å². The van der Waals surface area contributed by atoms with Gasteiger partial charge in [0.2, 0.25) is 0 Å². The van der Waals surface area contributed by atoms with Crippen molar-refractivity contribution in [3.8, 4) is 6.07 Å². The number of nitriles is 1. The number of rotatable bonds is 1. The molecule has 2 heterocycles. The third-order valence-electron chi connectivity index (χ3n) is 3.89. The van der Waals surface area contributed by atoms with E-state index in [1.807, 2.05) is 39.8 Å². The maximum atomic E-state index is 12.1. The van der Waals surface area contributed by atoms with Crippen LogP contribution in [-0.4, -0.2) is 34.7 Å². The lowest BCUT2D eigenvalue weighted by molar-refractivity contribution is 0.0184. The molecule has 0 bridgehead atoms. The van der Waals surface area contributed by atoms with Gasteiger partial charge < -0.3 is 9.64 Å². The van der Waals surface area contributed by atoms with Crippen LogP contribution < -0.4 is 0 Å². The molecule has 2 rings (SSSR count). The zero-order chi connectivity index (χ0) is 16.4. The van der Waals surface area contributed by atoms with E-state index in [9.17, 15) is 10.1 Å². The maximum absolute atomic E-state index is 12.1. The molecule has 1 fully saturated rings. The van der Waals surface area contributed by atoms with Crippen molar-refractivity contribution < 1.29 is 9.53 Å². The highest BCUT2D eigenvalue weighted by Crippen LogP contribution is 2.34. The predicted molar refractivity (Wildman–Crippen MR) is 83.3 cm³/mol. The lowest BCUT2D eigenvalue weighted by Crippen LogP contribution is -2.46. The molecule has 5 heteroatoms. The van der Waals surface area contributed by atoms with E-state index in [2.05, 4.69) is 11.1 Å². The van der Waals surface area contributed by atoms with Gasteiger partial charge in [0.25, 0.3) is 0 Å². The van der Waals surface area contributed by atoms with Gasteiger partial charge in [-0.05, 0) is 58.2 Å². The molecule has 118 valence electrons. The molecule has 1 saturated heterocycles. The minimum absolute atomic E-state index is 0.309. The highest BCUT2D eigenvalue weighted by Gasteiger charge is 2.39. The summed E-state index contributed by atoms with van der Waals surface area (Å²) in [5.74, 6) is 0. The van der Waals surface area contributed by atoms with Gasteiger partial charge in [0.05, 0.1) is 11.8 Å². The number of piperidine rings is 1. The summed E-state index contributed by atoms with van der Waals surface area (Å²) in [6.07, 6.45) is 2.60. The molecule has 1 aromatic rings. The van der Waals surface area contributed by atoms with E-state index in [0.717, 1.165) is 11.3 Å². The fourth-order valence-corrected chi connectivity index (χ4v) is 2.62. The molecule has 0 spiro atoms. The molecule has 22 heavy (non-hydrogen) atoms. The van der Waals surface area contributed by atoms with Crippen LogP contribution in [-0.2, 0) is 10.2 Å². The van der Waals surface area contributed by atoms with Crippen LogP contribution in [0.3, 0.4) is 0 Å². The summed E-state index contributed by atoms with van der Waals surface area (Å²) in [5, 5.41) is 9.67. The number of ether oxygens (including phenoxy) is 1. The largest absolute Gasteiger partial charge is 0.444 e. The third kappa shape index (κ3) is 3.56. The molecule has 1 amide bonds. The Kier molecular flexibility index (Phi) is 4.41. The van der Waals surface area contributed by atoms with Gasteiger partial charge in [-0.3, -0.25) is 4.98 Å². The van der Waals surface area contributed by atoms with Gasteiger partial charge in [-0.15, -0.1) is 0 Å². The van der Waals surface area contributed by atoms with Crippen molar-refractivity contribution in [2.45, 2.75) is 51.6 Å². The first kappa shape index (κ1) is 16.3. The smallest absolute Gasteiger partial charge is 0.410 e. The average Bonchev–Trinajstić information content (AvgIpc) is 2.45. The van der Waals surface area contributed by atoms with Gasteiger partial charge in [-0.25, -0.2) is 4.79 Å². The van der Waals surface area contributed by atoms with Crippen molar-refractivity contribution in [3.05, 3.63) is 29.6 Å². The average molecular weight is 301 g/mol. The van der Waals surface area contributed by atoms with E-state index in [4.69, 9.17) is 4.74 Å². The topological polar surface area (TPSA) is 66.2 Å². The number of hydrogen-bond donors (Lipinski definition) is 0. The second kappa shape index (κ2) is 5.96. The minimum Gasteiger partial charge on any atom is -0.444 e. The van der Waals surface area contributed by atoms with Gasteiger partial charge in [0, 0.05) is 19.3 Å². The number of amides is 1. The number of carbonyl (C=O) groups is 1. The molecule has 0 N–H and O–H groups in total. The fourth-order valence-electron chi connectivity index (χ4n) is 2.62. The van der Waals surface area contributed by atoms with Crippen LogP contribution in [0.15, 0.2) is 18.3 Å². The molecule has 1 aromatic heterocycles. The van der Waals surface area contributed by atoms with Crippen LogP contribution in [0.4, 0.5) is 4.79 Å². The summed E-state index contributed by atoms with van der Waals surface area (Å²) in [6.45, 7) is 8.57. The Morgan fingerprint density at radius 1 is 1.41 bits per heavy atom. The molecule has 0 aliphatic carbocycles. The SMILES string of the molecule is Cc1ccnc(C2(C#N)CCN(C(=O)OC(C)(C)C)CC2)c1. The summed E-state index contributed by atoms with van der Waals surface area (Å²) in [5.41, 5.74) is 0.789. The van der Waals surface area contributed by atoms with Crippen molar-refractivity contribution in [3.63, 3.8) is 0 Å². The van der Waals surface area contributed by atoms with Crippen molar-refractivity contribution in [1.29, 1.82) is 5.26 Å². The van der Waals surface area contributed by atoms with E-state index >= 15 is 0 Å². The summed E-state index contributed by atoms with van der Waals surface area (Å²) in [4.78, 5) is 18.2. The van der Waals surface area contributed by atoms with E-state index in [-0.39, 0.29) is 6.09 Å². The Morgan fingerprint density at radius 2 is 2.05 bits per heavy atom. The molecule has 0 saturated carbocycles. The van der Waals surface area contributed by atoms with Crippen molar-refractivity contribution in [2.24, 2.45) is 0 Å². The standard InChI is InChI=1S/C17H23N3O2/c1-13-5-8-19-14(11-13)17(12-18)6-9-20(10-7-17)15(21)22-16(2,3)4/h5,8,11H,6-7,9-10H2,1-4H3. The Hall–Kier alpha value is -2.09. The van der Waals surface area contributed by atoms with Gasteiger partial charge in [-0.1, -0.05) is 0 Å². The van der Waals surface area contributed by atoms with Crippen LogP contribution in [0.5, 0.6) is 0 Å². The summed E-state index contributed by atoms with van der Waals surface area (Å²) < 4.78 is 5.39. The molecule has 1 aliphatic rings. The zero-order valence-electron chi connectivity index (χ0n) is 13.7. The fraction of sp³-hybridized carbons (Fsp3) is 0.588. The molecular weight excluding hydrogens is 278 g/mol. The quantitative estimate of drug-likeness (QED) is 0.799. The van der Waals surface area contributed by atoms with Crippen molar-refractivity contribution in [2.75, 3.05) is 13.1 Å². The molecule has 1 aliphatic heterocycles. The van der Waals surface area contributed by atoms with Crippen molar-refractivity contribution >= 4 is 6.09 Å². The first-order valence-corrected chi connectivity index (χ1v) is 7.58. The Morgan fingerprint density at radius 3 is 2.55 bits per heavy atom. The first-order chi connectivity index (χ1) is 10.3.